The Morgan fingerprint density at radius 1 is 1.09 bits per heavy atom. The molecule has 33 heavy (non-hydrogen) atoms. The molecule has 5 rings (SSSR count). The standard InChI is InChI=1S/C23H28N6O4/c30-18-9-13-27(14-18)23(33)29-21-19(20(31)25-22(29)32)24-15-28(21)17-7-11-26(12-8-17)10-6-16-4-2-1-3-5-16/h1-5,15,17-18,30H,6-14H2,(H,25,31,32)/t18-/m0/s1. The van der Waals surface area contributed by atoms with Gasteiger partial charge in [0.05, 0.1) is 12.4 Å². The molecule has 2 aliphatic heterocycles. The molecular weight excluding hydrogens is 424 g/mol. The number of carbonyl (C=O) groups excluding carboxylic acids is 1. The Kier molecular flexibility index (Phi) is 5.86. The Labute approximate surface area is 190 Å². The maximum Gasteiger partial charge on any atom is 0.338 e. The number of aliphatic hydroxyl groups excluding tert-OH is 1. The molecule has 1 aromatic carbocycles. The van der Waals surface area contributed by atoms with E-state index in [1.807, 2.05) is 10.6 Å². The highest BCUT2D eigenvalue weighted by molar-refractivity contribution is 5.86. The van der Waals surface area contributed by atoms with Gasteiger partial charge in [0.15, 0.2) is 11.2 Å². The van der Waals surface area contributed by atoms with Crippen LogP contribution < -0.4 is 11.2 Å². The van der Waals surface area contributed by atoms with E-state index in [9.17, 15) is 19.5 Å². The van der Waals surface area contributed by atoms with E-state index in [1.54, 1.807) is 6.33 Å². The maximum atomic E-state index is 13.1. The van der Waals surface area contributed by atoms with Crippen molar-refractivity contribution in [1.29, 1.82) is 0 Å². The van der Waals surface area contributed by atoms with Gasteiger partial charge in [0, 0.05) is 38.8 Å². The lowest BCUT2D eigenvalue weighted by Crippen LogP contribution is -2.43. The first-order valence-electron chi connectivity index (χ1n) is 11.5. The lowest BCUT2D eigenvalue weighted by atomic mass is 10.0. The van der Waals surface area contributed by atoms with Gasteiger partial charge in [-0.3, -0.25) is 9.78 Å². The third-order valence-corrected chi connectivity index (χ3v) is 6.75. The average molecular weight is 453 g/mol. The van der Waals surface area contributed by atoms with Gasteiger partial charge in [-0.15, -0.1) is 0 Å². The number of nitrogens with one attached hydrogen (secondary N) is 1. The van der Waals surface area contributed by atoms with Crippen LogP contribution in [-0.2, 0) is 6.42 Å². The smallest absolute Gasteiger partial charge is 0.338 e. The number of fused-ring (bicyclic) bond motifs is 1. The molecule has 2 N–H and O–H groups in total. The lowest BCUT2D eigenvalue weighted by Gasteiger charge is -2.33. The summed E-state index contributed by atoms with van der Waals surface area (Å²) in [6.45, 7) is 3.27. The van der Waals surface area contributed by atoms with E-state index in [4.69, 9.17) is 0 Å². The van der Waals surface area contributed by atoms with Crippen molar-refractivity contribution in [1.82, 2.24) is 28.9 Å². The van der Waals surface area contributed by atoms with E-state index in [-0.39, 0.29) is 23.8 Å². The highest BCUT2D eigenvalue weighted by Gasteiger charge is 2.30. The van der Waals surface area contributed by atoms with Crippen molar-refractivity contribution in [2.24, 2.45) is 0 Å². The summed E-state index contributed by atoms with van der Waals surface area (Å²) in [7, 11) is 0. The predicted molar refractivity (Wildman–Crippen MR) is 122 cm³/mol. The number of aromatic nitrogens is 4. The molecule has 3 aromatic rings. The van der Waals surface area contributed by atoms with Gasteiger partial charge in [-0.1, -0.05) is 30.3 Å². The fourth-order valence-electron chi connectivity index (χ4n) is 4.90. The van der Waals surface area contributed by atoms with Gasteiger partial charge < -0.3 is 19.5 Å². The molecule has 0 spiro atoms. The molecule has 2 saturated heterocycles. The molecule has 0 bridgehead atoms. The van der Waals surface area contributed by atoms with Crippen molar-refractivity contribution in [2.75, 3.05) is 32.7 Å². The van der Waals surface area contributed by atoms with Crippen molar-refractivity contribution < 1.29 is 9.90 Å². The summed E-state index contributed by atoms with van der Waals surface area (Å²) >= 11 is 0. The SMILES string of the molecule is O=C(N1CC[C@H](O)C1)n1c(=O)[nH]c(=O)c2ncn(C3CCN(CCc4ccccc4)CC3)c21. The average Bonchev–Trinajstić information content (AvgIpc) is 3.46. The summed E-state index contributed by atoms with van der Waals surface area (Å²) < 4.78 is 2.81. The number of β-amino-alcohol motifs (C(OH)–C–C–N with tert-alkyl or cyclic N) is 1. The first kappa shape index (κ1) is 21.6. The van der Waals surface area contributed by atoms with Crippen LogP contribution in [0, 0.1) is 0 Å². The number of likely N-dealkylation sites (tertiary alicyclic amines) is 2. The second kappa shape index (κ2) is 8.95. The number of nitrogens with zero attached hydrogens (tertiary/aromatic N) is 5. The first-order valence-corrected chi connectivity index (χ1v) is 11.5. The normalized spacial score (nSPS) is 20.0. The summed E-state index contributed by atoms with van der Waals surface area (Å²) in [5.41, 5.74) is 0.251. The van der Waals surface area contributed by atoms with Crippen molar-refractivity contribution in [3.8, 4) is 0 Å². The van der Waals surface area contributed by atoms with Crippen LogP contribution in [0.3, 0.4) is 0 Å². The Balaban J connectivity index is 1.37. The van der Waals surface area contributed by atoms with E-state index in [2.05, 4.69) is 39.1 Å². The molecule has 2 fully saturated rings. The molecule has 1 atom stereocenters. The second-order valence-electron chi connectivity index (χ2n) is 8.90. The number of aromatic amines is 1. The number of imidazole rings is 1. The molecule has 1 amide bonds. The molecule has 0 radical (unpaired) electrons. The zero-order chi connectivity index (χ0) is 22.9. The van der Waals surface area contributed by atoms with Crippen molar-refractivity contribution in [3.63, 3.8) is 0 Å². The Hall–Kier alpha value is -3.24. The van der Waals surface area contributed by atoms with E-state index in [0.717, 1.165) is 43.5 Å². The number of hydrogen-bond acceptors (Lipinski definition) is 6. The second-order valence-corrected chi connectivity index (χ2v) is 8.90. The van der Waals surface area contributed by atoms with Crippen LogP contribution in [0.4, 0.5) is 4.79 Å². The van der Waals surface area contributed by atoms with Crippen molar-refractivity contribution in [2.45, 2.75) is 37.8 Å². The Morgan fingerprint density at radius 3 is 2.55 bits per heavy atom. The number of amides is 1. The van der Waals surface area contributed by atoms with Crippen LogP contribution >= 0.6 is 0 Å². The van der Waals surface area contributed by atoms with Gasteiger partial charge >= 0.3 is 11.7 Å². The van der Waals surface area contributed by atoms with Crippen LogP contribution in [0.2, 0.25) is 0 Å². The molecular formula is C23H28N6O4. The summed E-state index contributed by atoms with van der Waals surface area (Å²) in [5, 5.41) is 9.82. The first-order chi connectivity index (χ1) is 16.0. The monoisotopic (exact) mass is 452 g/mol. The zero-order valence-electron chi connectivity index (χ0n) is 18.4. The van der Waals surface area contributed by atoms with Gasteiger partial charge in [0.1, 0.15) is 0 Å². The summed E-state index contributed by atoms with van der Waals surface area (Å²) in [4.78, 5) is 48.5. The number of rotatable bonds is 4. The third-order valence-electron chi connectivity index (χ3n) is 6.75. The Bertz CT molecular complexity index is 1260. The fraction of sp³-hybridized carbons (Fsp3) is 0.478. The molecule has 10 heteroatoms. The highest BCUT2D eigenvalue weighted by Crippen LogP contribution is 2.26. The van der Waals surface area contributed by atoms with Gasteiger partial charge in [-0.25, -0.2) is 14.6 Å². The van der Waals surface area contributed by atoms with Crippen LogP contribution in [0.5, 0.6) is 0 Å². The molecule has 2 aliphatic rings. The Morgan fingerprint density at radius 2 is 1.85 bits per heavy atom. The minimum Gasteiger partial charge on any atom is -0.391 e. The van der Waals surface area contributed by atoms with Gasteiger partial charge in [0.25, 0.3) is 5.56 Å². The number of H-pyrrole nitrogens is 1. The van der Waals surface area contributed by atoms with Crippen molar-refractivity contribution in [3.05, 3.63) is 63.1 Å². The molecule has 0 unspecified atom stereocenters. The summed E-state index contributed by atoms with van der Waals surface area (Å²) in [5.74, 6) is 0. The maximum absolute atomic E-state index is 13.1. The van der Waals surface area contributed by atoms with Crippen LogP contribution in [0.25, 0.3) is 11.2 Å². The van der Waals surface area contributed by atoms with Gasteiger partial charge in [-0.05, 0) is 31.2 Å². The summed E-state index contributed by atoms with van der Waals surface area (Å²) in [6.07, 6.45) is 4.08. The number of benzene rings is 1. The quantitative estimate of drug-likeness (QED) is 0.605. The zero-order valence-corrected chi connectivity index (χ0v) is 18.4. The highest BCUT2D eigenvalue weighted by atomic mass is 16.3. The minimum atomic E-state index is -0.777. The lowest BCUT2D eigenvalue weighted by molar-refractivity contribution is 0.172. The summed E-state index contributed by atoms with van der Waals surface area (Å²) in [6, 6.07) is 9.89. The number of piperidine rings is 1. The molecule has 2 aromatic heterocycles. The molecule has 174 valence electrons. The minimum absolute atomic E-state index is 0.0346. The van der Waals surface area contributed by atoms with Crippen molar-refractivity contribution >= 4 is 17.2 Å². The van der Waals surface area contributed by atoms with Gasteiger partial charge in [0.2, 0.25) is 0 Å². The molecule has 0 saturated carbocycles. The van der Waals surface area contributed by atoms with E-state index in [1.165, 1.54) is 10.5 Å². The molecule has 0 aliphatic carbocycles. The number of carbonyl (C=O) groups is 1. The van der Waals surface area contributed by atoms with Crippen LogP contribution in [0.15, 0.2) is 46.2 Å². The van der Waals surface area contributed by atoms with Crippen LogP contribution in [-0.4, -0.2) is 78.9 Å². The molecule has 4 heterocycles. The van der Waals surface area contributed by atoms with Crippen LogP contribution in [0.1, 0.15) is 30.9 Å². The van der Waals surface area contributed by atoms with E-state index in [0.29, 0.717) is 13.0 Å². The predicted octanol–water partition coefficient (Wildman–Crippen LogP) is 0.801. The third kappa shape index (κ3) is 4.23. The largest absolute Gasteiger partial charge is 0.391 e. The fourth-order valence-corrected chi connectivity index (χ4v) is 4.90. The van der Waals surface area contributed by atoms with Gasteiger partial charge in [-0.2, -0.15) is 4.57 Å². The molecule has 10 nitrogen and oxygen atoms in total. The topological polar surface area (TPSA) is 116 Å². The number of aliphatic hydroxyl groups is 1. The van der Waals surface area contributed by atoms with E-state index >= 15 is 0 Å². The number of hydrogen-bond donors (Lipinski definition) is 2. The van der Waals surface area contributed by atoms with E-state index < -0.39 is 23.4 Å².